The minimum Gasteiger partial charge on any atom is -0.326 e. The minimum absolute atomic E-state index is 0.0206. The van der Waals surface area contributed by atoms with Crippen LogP contribution in [0.15, 0.2) is 47.5 Å². The third kappa shape index (κ3) is 5.17. The van der Waals surface area contributed by atoms with Crippen LogP contribution in [0, 0.1) is 13.8 Å². The Labute approximate surface area is 196 Å². The molecule has 174 valence electrons. The molecule has 6 heteroatoms. The van der Waals surface area contributed by atoms with E-state index in [1.807, 2.05) is 37.3 Å². The summed E-state index contributed by atoms with van der Waals surface area (Å²) in [6.07, 6.45) is 1.39. The van der Waals surface area contributed by atoms with E-state index in [2.05, 4.69) is 55.4 Å². The van der Waals surface area contributed by atoms with Crippen LogP contribution in [0.2, 0.25) is 0 Å². The number of carbonyl (C=O) groups is 2. The molecule has 0 radical (unpaired) electrons. The second-order valence-electron chi connectivity index (χ2n) is 10.4. The van der Waals surface area contributed by atoms with Gasteiger partial charge in [0.15, 0.2) is 0 Å². The second-order valence-corrected chi connectivity index (χ2v) is 10.4. The monoisotopic (exact) mass is 446 g/mol. The highest BCUT2D eigenvalue weighted by atomic mass is 16.2. The second kappa shape index (κ2) is 8.75. The highest BCUT2D eigenvalue weighted by Crippen LogP contribution is 2.29. The van der Waals surface area contributed by atoms with Crippen LogP contribution >= 0.6 is 0 Å². The third-order valence-electron chi connectivity index (χ3n) is 6.75. The Balaban J connectivity index is 1.36. The number of nitrogens with one attached hydrogen (secondary N) is 2. The van der Waals surface area contributed by atoms with Gasteiger partial charge in [0.2, 0.25) is 5.91 Å². The molecule has 33 heavy (non-hydrogen) atoms. The number of hydrogen-bond donors (Lipinski definition) is 2. The number of aliphatic imine (C=N–C) groups is 1. The molecule has 0 bridgehead atoms. The van der Waals surface area contributed by atoms with Gasteiger partial charge >= 0.3 is 0 Å². The van der Waals surface area contributed by atoms with E-state index in [1.54, 1.807) is 0 Å². The summed E-state index contributed by atoms with van der Waals surface area (Å²) in [5, 5.41) is 6.11. The molecule has 2 N–H and O–H groups in total. The highest BCUT2D eigenvalue weighted by molar-refractivity contribution is 6.46. The Kier molecular flexibility index (Phi) is 6.14. The van der Waals surface area contributed by atoms with Crippen LogP contribution in [0.1, 0.15) is 55.9 Å². The Morgan fingerprint density at radius 2 is 1.73 bits per heavy atom. The molecule has 1 fully saturated rings. The summed E-state index contributed by atoms with van der Waals surface area (Å²) in [7, 11) is 0. The highest BCUT2D eigenvalue weighted by Gasteiger charge is 2.42. The van der Waals surface area contributed by atoms with Crippen LogP contribution in [0.4, 0.5) is 5.69 Å². The summed E-state index contributed by atoms with van der Waals surface area (Å²) in [6, 6.07) is 14.1. The number of rotatable bonds is 4. The molecule has 2 aliphatic rings. The zero-order chi connectivity index (χ0) is 23.8. The molecule has 0 aromatic heterocycles. The molecule has 4 rings (SSSR count). The van der Waals surface area contributed by atoms with Gasteiger partial charge in [0.1, 0.15) is 11.4 Å². The molecule has 1 spiro atoms. The van der Waals surface area contributed by atoms with Crippen molar-refractivity contribution in [1.82, 2.24) is 10.2 Å². The molecule has 2 aromatic rings. The van der Waals surface area contributed by atoms with Crippen molar-refractivity contribution in [3.05, 3.63) is 64.7 Å². The van der Waals surface area contributed by atoms with Crippen LogP contribution in [0.3, 0.4) is 0 Å². The summed E-state index contributed by atoms with van der Waals surface area (Å²) in [5.41, 5.74) is 5.29. The lowest BCUT2D eigenvalue weighted by molar-refractivity contribution is -0.119. The predicted molar refractivity (Wildman–Crippen MR) is 133 cm³/mol. The van der Waals surface area contributed by atoms with E-state index in [4.69, 9.17) is 4.99 Å². The Bertz CT molecular complexity index is 1090. The molecule has 2 aromatic carbocycles. The van der Waals surface area contributed by atoms with Gasteiger partial charge in [-0.05, 0) is 48.1 Å². The van der Waals surface area contributed by atoms with Gasteiger partial charge in [-0.25, -0.2) is 0 Å². The average molecular weight is 447 g/mol. The first-order valence-electron chi connectivity index (χ1n) is 11.7. The van der Waals surface area contributed by atoms with E-state index < -0.39 is 5.66 Å². The summed E-state index contributed by atoms with van der Waals surface area (Å²) < 4.78 is 0. The maximum atomic E-state index is 12.7. The van der Waals surface area contributed by atoms with E-state index in [-0.39, 0.29) is 17.2 Å². The zero-order valence-electron chi connectivity index (χ0n) is 20.3. The lowest BCUT2D eigenvalue weighted by atomic mass is 9.86. The molecule has 2 heterocycles. The largest absolute Gasteiger partial charge is 0.326 e. The molecule has 0 unspecified atom stereocenters. The summed E-state index contributed by atoms with van der Waals surface area (Å²) in [4.78, 5) is 32.2. The van der Waals surface area contributed by atoms with E-state index in [0.717, 1.165) is 16.8 Å². The molecule has 1 saturated heterocycles. The first-order valence-corrected chi connectivity index (χ1v) is 11.7. The minimum atomic E-state index is -0.559. The molecule has 2 aliphatic heterocycles. The number of carbonyl (C=O) groups excluding carboxylic acids is 2. The summed E-state index contributed by atoms with van der Waals surface area (Å²) in [6.45, 7) is 12.4. The van der Waals surface area contributed by atoms with Crippen LogP contribution in [0.5, 0.6) is 0 Å². The number of amides is 2. The fourth-order valence-electron chi connectivity index (χ4n) is 4.43. The quantitative estimate of drug-likeness (QED) is 0.747. The SMILES string of the molecule is Cc1ccc(NC(=O)CN2CCC3(CC2)N=C(c2ccc(C(C)(C)C)cc2)C(=O)N3)cc1C. The van der Waals surface area contributed by atoms with Crippen molar-refractivity contribution < 1.29 is 9.59 Å². The van der Waals surface area contributed by atoms with Crippen molar-refractivity contribution in [3.8, 4) is 0 Å². The van der Waals surface area contributed by atoms with Crippen molar-refractivity contribution >= 4 is 23.2 Å². The van der Waals surface area contributed by atoms with E-state index >= 15 is 0 Å². The van der Waals surface area contributed by atoms with Gasteiger partial charge in [0.05, 0.1) is 6.54 Å². The van der Waals surface area contributed by atoms with Crippen molar-refractivity contribution in [2.24, 2.45) is 4.99 Å². The number of piperidine rings is 1. The first kappa shape index (κ1) is 23.2. The van der Waals surface area contributed by atoms with Crippen LogP contribution in [0.25, 0.3) is 0 Å². The number of aryl methyl sites for hydroxylation is 2. The summed E-state index contributed by atoms with van der Waals surface area (Å²) in [5.74, 6) is -0.132. The standard InChI is InChI=1S/C27H34N4O2/c1-18-6-11-22(16-19(18)2)28-23(32)17-31-14-12-27(13-15-31)29-24(25(33)30-27)20-7-9-21(10-8-20)26(3,4)5/h6-11,16H,12-15,17H2,1-5H3,(H,28,32)(H,30,33). The van der Waals surface area contributed by atoms with E-state index in [9.17, 15) is 9.59 Å². The number of benzene rings is 2. The average Bonchev–Trinajstić information content (AvgIpc) is 3.08. The zero-order valence-corrected chi connectivity index (χ0v) is 20.3. The lowest BCUT2D eigenvalue weighted by Crippen LogP contribution is -2.52. The molecule has 0 atom stereocenters. The van der Waals surface area contributed by atoms with E-state index in [1.165, 1.54) is 11.1 Å². The molecular weight excluding hydrogens is 412 g/mol. The maximum absolute atomic E-state index is 12.7. The molecule has 2 amide bonds. The van der Waals surface area contributed by atoms with Gasteiger partial charge in [-0.2, -0.15) is 0 Å². The van der Waals surface area contributed by atoms with Crippen LogP contribution in [-0.4, -0.2) is 47.7 Å². The molecule has 0 aliphatic carbocycles. The van der Waals surface area contributed by atoms with Crippen LogP contribution < -0.4 is 10.6 Å². The van der Waals surface area contributed by atoms with Gasteiger partial charge < -0.3 is 10.6 Å². The predicted octanol–water partition coefficient (Wildman–Crippen LogP) is 3.95. The van der Waals surface area contributed by atoms with Gasteiger partial charge in [-0.3, -0.25) is 19.5 Å². The third-order valence-corrected chi connectivity index (χ3v) is 6.75. The fraction of sp³-hybridized carbons (Fsp3) is 0.444. The van der Waals surface area contributed by atoms with Gasteiger partial charge in [-0.1, -0.05) is 51.1 Å². The van der Waals surface area contributed by atoms with Gasteiger partial charge in [0, 0.05) is 37.2 Å². The van der Waals surface area contributed by atoms with Gasteiger partial charge in [-0.15, -0.1) is 0 Å². The maximum Gasteiger partial charge on any atom is 0.272 e. The van der Waals surface area contributed by atoms with E-state index in [0.29, 0.717) is 38.2 Å². The van der Waals surface area contributed by atoms with Crippen molar-refractivity contribution in [2.45, 2.75) is 58.5 Å². The normalized spacial score (nSPS) is 18.2. The first-order chi connectivity index (χ1) is 15.5. The Hall–Kier alpha value is -2.99. The van der Waals surface area contributed by atoms with Crippen LogP contribution in [-0.2, 0) is 15.0 Å². The van der Waals surface area contributed by atoms with Crippen molar-refractivity contribution in [3.63, 3.8) is 0 Å². The number of likely N-dealkylation sites (tertiary alicyclic amines) is 1. The molecule has 0 saturated carbocycles. The van der Waals surface area contributed by atoms with Crippen molar-refractivity contribution in [2.75, 3.05) is 25.0 Å². The topological polar surface area (TPSA) is 73.8 Å². The Morgan fingerprint density at radius 1 is 1.06 bits per heavy atom. The summed E-state index contributed by atoms with van der Waals surface area (Å²) >= 11 is 0. The smallest absolute Gasteiger partial charge is 0.272 e. The lowest BCUT2D eigenvalue weighted by Gasteiger charge is -2.36. The Morgan fingerprint density at radius 3 is 2.33 bits per heavy atom. The number of hydrogen-bond acceptors (Lipinski definition) is 4. The molecular formula is C27H34N4O2. The number of nitrogens with zero attached hydrogens (tertiary/aromatic N) is 2. The fourth-order valence-corrected chi connectivity index (χ4v) is 4.43. The van der Waals surface area contributed by atoms with Gasteiger partial charge in [0.25, 0.3) is 5.91 Å². The van der Waals surface area contributed by atoms with Crippen molar-refractivity contribution in [1.29, 1.82) is 0 Å². The number of anilines is 1. The molecule has 6 nitrogen and oxygen atoms in total.